The predicted molar refractivity (Wildman–Crippen MR) is 146 cm³/mol. The number of halogens is 3. The highest BCUT2D eigenvalue weighted by Crippen LogP contribution is 2.34. The number of rotatable bonds is 8. The first-order valence-corrected chi connectivity index (χ1v) is 13.7. The summed E-state index contributed by atoms with van der Waals surface area (Å²) in [5.41, 5.74) is -0.827. The molecular weight excluding hydrogens is 540 g/mol. The van der Waals surface area contributed by atoms with Crippen LogP contribution in [0, 0.1) is 16.7 Å². The molecule has 0 aromatic heterocycles. The van der Waals surface area contributed by atoms with Gasteiger partial charge in [0.1, 0.15) is 17.7 Å². The zero-order valence-corrected chi connectivity index (χ0v) is 23.9. The number of alkyl halides is 3. The first-order chi connectivity index (χ1) is 19.0. The van der Waals surface area contributed by atoms with Crippen molar-refractivity contribution < 1.29 is 37.5 Å². The second-order valence-electron chi connectivity index (χ2n) is 12.1. The van der Waals surface area contributed by atoms with Gasteiger partial charge in [-0.25, -0.2) is 4.79 Å². The number of hydrogen-bond donors (Lipinski definition) is 3. The fourth-order valence-electron chi connectivity index (χ4n) is 5.23. The van der Waals surface area contributed by atoms with E-state index in [2.05, 4.69) is 24.1 Å². The van der Waals surface area contributed by atoms with Crippen LogP contribution in [0.1, 0.15) is 58.1 Å². The summed E-state index contributed by atoms with van der Waals surface area (Å²) >= 11 is 0. The number of hydrogen-bond acceptors (Lipinski definition) is 7. The quantitative estimate of drug-likeness (QED) is 0.246. The van der Waals surface area contributed by atoms with Gasteiger partial charge in [0.2, 0.25) is 0 Å². The molecule has 1 aromatic rings. The van der Waals surface area contributed by atoms with Gasteiger partial charge < -0.3 is 25.0 Å². The zero-order chi connectivity index (χ0) is 30.6. The van der Waals surface area contributed by atoms with Crippen molar-refractivity contribution in [1.82, 2.24) is 15.1 Å². The topological polar surface area (TPSA) is 126 Å². The van der Waals surface area contributed by atoms with Gasteiger partial charge in [0, 0.05) is 18.6 Å². The number of ether oxygens (including phenoxy) is 1. The molecule has 0 radical (unpaired) electrons. The lowest BCUT2D eigenvalue weighted by Gasteiger charge is -2.35. The minimum absolute atomic E-state index is 0.0183. The van der Waals surface area contributed by atoms with Crippen LogP contribution < -0.4 is 5.32 Å². The third-order valence-corrected chi connectivity index (χ3v) is 7.68. The lowest BCUT2D eigenvalue weighted by Crippen LogP contribution is -2.50. The summed E-state index contributed by atoms with van der Waals surface area (Å²) in [5.74, 6) is -1.69. The van der Waals surface area contributed by atoms with Gasteiger partial charge in [-0.1, -0.05) is 26.0 Å². The Morgan fingerprint density at radius 2 is 1.90 bits per heavy atom. The van der Waals surface area contributed by atoms with Gasteiger partial charge in [0.25, 0.3) is 5.91 Å². The minimum Gasteiger partial charge on any atom is -0.444 e. The van der Waals surface area contributed by atoms with Gasteiger partial charge in [-0.3, -0.25) is 9.69 Å². The Morgan fingerprint density at radius 1 is 1.24 bits per heavy atom. The lowest BCUT2D eigenvalue weighted by molar-refractivity contribution is -0.137. The third kappa shape index (κ3) is 8.95. The Bertz CT molecular complexity index is 1160. The van der Waals surface area contributed by atoms with Gasteiger partial charge in [-0.15, -0.1) is 0 Å². The van der Waals surface area contributed by atoms with Crippen LogP contribution in [-0.2, 0) is 22.1 Å². The predicted octanol–water partition coefficient (Wildman–Crippen LogP) is 3.31. The monoisotopic (exact) mass is 578 g/mol. The summed E-state index contributed by atoms with van der Waals surface area (Å²) in [5, 5.41) is 31.6. The van der Waals surface area contributed by atoms with Crippen LogP contribution in [0.3, 0.4) is 0 Å². The largest absolute Gasteiger partial charge is 0.475 e. The average molecular weight is 578 g/mol. The molecule has 41 heavy (non-hydrogen) atoms. The van der Waals surface area contributed by atoms with E-state index in [1.807, 2.05) is 19.9 Å². The van der Waals surface area contributed by atoms with E-state index in [0.717, 1.165) is 31.6 Å². The Morgan fingerprint density at radius 3 is 2.44 bits per heavy atom. The van der Waals surface area contributed by atoms with Crippen molar-refractivity contribution in [2.75, 3.05) is 26.2 Å². The van der Waals surface area contributed by atoms with Gasteiger partial charge in [-0.05, 0) is 75.3 Å². The summed E-state index contributed by atoms with van der Waals surface area (Å²) in [4.78, 5) is 29.6. The van der Waals surface area contributed by atoms with E-state index in [1.54, 1.807) is 6.08 Å². The molecule has 13 heteroatoms. The van der Waals surface area contributed by atoms with E-state index < -0.39 is 48.4 Å². The van der Waals surface area contributed by atoms with E-state index in [4.69, 9.17) is 4.74 Å². The first-order valence-electron chi connectivity index (χ1n) is 13.7. The molecule has 0 saturated carbocycles. The molecule has 224 valence electrons. The number of carbonyl (C=O) groups is 2. The molecule has 3 rings (SSSR count). The van der Waals surface area contributed by atoms with E-state index in [1.165, 1.54) is 17.0 Å². The molecule has 0 unspecified atom stereocenters. The smallest absolute Gasteiger partial charge is 0.444 e. The number of nitrogens with zero attached hydrogens (tertiary/aromatic N) is 3. The maximum absolute atomic E-state index is 13.3. The molecule has 9 nitrogen and oxygen atoms in total. The minimum atomic E-state index is -4.50. The van der Waals surface area contributed by atoms with Crippen LogP contribution >= 0.6 is 0 Å². The highest BCUT2D eigenvalue weighted by Gasteiger charge is 2.38. The number of amides is 2. The third-order valence-electron chi connectivity index (χ3n) is 7.68. The molecule has 2 heterocycles. The molecule has 2 aliphatic rings. The molecule has 2 fully saturated rings. The molecule has 2 aliphatic heterocycles. The summed E-state index contributed by atoms with van der Waals surface area (Å²) in [6.45, 7) is 10.5. The summed E-state index contributed by atoms with van der Waals surface area (Å²) in [7, 11) is -2.00. The molecule has 1 aromatic carbocycles. The fourth-order valence-corrected chi connectivity index (χ4v) is 5.23. The maximum atomic E-state index is 13.3. The van der Waals surface area contributed by atoms with Crippen molar-refractivity contribution in [3.8, 4) is 6.07 Å². The van der Waals surface area contributed by atoms with Crippen LogP contribution in [-0.4, -0.2) is 82.7 Å². The van der Waals surface area contributed by atoms with Crippen molar-refractivity contribution >= 4 is 19.1 Å². The standard InChI is InChI=1S/C28H38BF3N4O5/c1-26(2)11-13-36(18-26)27(3,4)15-20(16-33)24(37)35-12-5-6-22(17-35)41-25(38)34-23(29(39)40)14-19-7-9-21(10-8-19)28(30,31)32/h7-10,15,22-23,39-40H,5-6,11-14,17-18H2,1-4H3,(H,34,38)/b20-15+/t22-,23-/m0/s1. The van der Waals surface area contributed by atoms with Crippen molar-refractivity contribution in [3.05, 3.63) is 47.0 Å². The van der Waals surface area contributed by atoms with Crippen LogP contribution in [0.25, 0.3) is 0 Å². The summed E-state index contributed by atoms with van der Waals surface area (Å²) in [6.07, 6.45) is -2.59. The number of alkyl carbamates (subject to hydrolysis) is 1. The average Bonchev–Trinajstić information content (AvgIpc) is 3.27. The van der Waals surface area contributed by atoms with Gasteiger partial charge in [0.15, 0.2) is 0 Å². The lowest BCUT2D eigenvalue weighted by atomic mass is 9.76. The molecule has 2 atom stereocenters. The normalized spacial score (nSPS) is 20.7. The molecular formula is C28H38BF3N4O5. The van der Waals surface area contributed by atoms with Crippen LogP contribution in [0.4, 0.5) is 18.0 Å². The number of carbonyl (C=O) groups excluding carboxylic acids is 2. The Labute approximate surface area is 239 Å². The van der Waals surface area contributed by atoms with Crippen molar-refractivity contribution in [2.24, 2.45) is 5.41 Å². The highest BCUT2D eigenvalue weighted by molar-refractivity contribution is 6.43. The molecule has 0 spiro atoms. The van der Waals surface area contributed by atoms with Crippen molar-refractivity contribution in [2.45, 2.75) is 77.1 Å². The second-order valence-corrected chi connectivity index (χ2v) is 12.1. The van der Waals surface area contributed by atoms with Crippen LogP contribution in [0.15, 0.2) is 35.9 Å². The van der Waals surface area contributed by atoms with E-state index in [0.29, 0.717) is 24.9 Å². The SMILES string of the molecule is CC1(C)CCN(C(C)(C)/C=C(\C#N)C(=O)N2CCC[C@H](OC(=O)N[C@@H](Cc3ccc(C(F)(F)F)cc3)B(O)O)C2)C1. The van der Waals surface area contributed by atoms with E-state index in [9.17, 15) is 38.1 Å². The molecule has 0 bridgehead atoms. The Kier molecular flexibility index (Phi) is 10.2. The zero-order valence-electron chi connectivity index (χ0n) is 23.9. The number of benzene rings is 1. The number of nitriles is 1. The number of likely N-dealkylation sites (tertiary alicyclic amines) is 2. The summed E-state index contributed by atoms with van der Waals surface area (Å²) in [6, 6.07) is 6.17. The first kappa shape index (κ1) is 32.4. The van der Waals surface area contributed by atoms with Crippen molar-refractivity contribution in [1.29, 1.82) is 5.26 Å². The van der Waals surface area contributed by atoms with Crippen molar-refractivity contribution in [3.63, 3.8) is 0 Å². The fraction of sp³-hybridized carbons (Fsp3) is 0.607. The molecule has 3 N–H and O–H groups in total. The highest BCUT2D eigenvalue weighted by atomic mass is 19.4. The molecule has 0 aliphatic carbocycles. The Hall–Kier alpha value is -3.08. The van der Waals surface area contributed by atoms with E-state index >= 15 is 0 Å². The van der Waals surface area contributed by atoms with Crippen LogP contribution in [0.2, 0.25) is 0 Å². The maximum Gasteiger partial charge on any atom is 0.475 e. The Balaban J connectivity index is 1.59. The summed E-state index contributed by atoms with van der Waals surface area (Å²) < 4.78 is 43.9. The number of nitrogens with one attached hydrogen (secondary N) is 1. The molecule has 2 amide bonds. The van der Waals surface area contributed by atoms with E-state index in [-0.39, 0.29) is 24.0 Å². The van der Waals surface area contributed by atoms with Crippen LogP contribution in [0.5, 0.6) is 0 Å². The van der Waals surface area contributed by atoms with Gasteiger partial charge in [0.05, 0.1) is 18.0 Å². The molecule has 2 saturated heterocycles. The van der Waals surface area contributed by atoms with Gasteiger partial charge >= 0.3 is 19.4 Å². The second kappa shape index (κ2) is 12.8. The van der Waals surface area contributed by atoms with Gasteiger partial charge in [-0.2, -0.15) is 18.4 Å². The number of piperidine rings is 1.